The van der Waals surface area contributed by atoms with E-state index in [9.17, 15) is 0 Å². The molecule has 0 radical (unpaired) electrons. The Balaban J connectivity index is 1.44. The molecule has 1 aromatic carbocycles. The quantitative estimate of drug-likeness (QED) is 0.454. The van der Waals surface area contributed by atoms with Gasteiger partial charge in [-0.15, -0.1) is 0 Å². The van der Waals surface area contributed by atoms with Crippen LogP contribution in [0.3, 0.4) is 0 Å². The van der Waals surface area contributed by atoms with Crippen molar-refractivity contribution >= 4 is 39.0 Å². The van der Waals surface area contributed by atoms with Gasteiger partial charge in [-0.3, -0.25) is 4.90 Å². The van der Waals surface area contributed by atoms with Crippen LogP contribution < -0.4 is 9.64 Å². The summed E-state index contributed by atoms with van der Waals surface area (Å²) in [7, 11) is 0. The number of nitrogens with zero attached hydrogens (tertiary/aromatic N) is 4. The van der Waals surface area contributed by atoms with Gasteiger partial charge in [0.2, 0.25) is 11.8 Å². The van der Waals surface area contributed by atoms with Gasteiger partial charge in [-0.2, -0.15) is 4.98 Å². The van der Waals surface area contributed by atoms with E-state index >= 15 is 0 Å². The van der Waals surface area contributed by atoms with E-state index < -0.39 is 0 Å². The minimum Gasteiger partial charge on any atom is -0.476 e. The third-order valence-electron chi connectivity index (χ3n) is 5.77. The van der Waals surface area contributed by atoms with Crippen LogP contribution in [0.15, 0.2) is 28.7 Å². The number of anilines is 1. The molecule has 4 rings (SSSR count). The fourth-order valence-electron chi connectivity index (χ4n) is 3.91. The number of rotatable bonds is 9. The summed E-state index contributed by atoms with van der Waals surface area (Å²) >= 11 is 9.41. The van der Waals surface area contributed by atoms with Crippen molar-refractivity contribution < 1.29 is 14.2 Å². The fourth-order valence-corrected chi connectivity index (χ4v) is 4.84. The van der Waals surface area contributed by atoms with Crippen LogP contribution in [0.1, 0.15) is 16.8 Å². The molecule has 2 saturated heterocycles. The summed E-state index contributed by atoms with van der Waals surface area (Å²) in [4.78, 5) is 15.0. The molecular formula is C24H31BrN4O3S. The zero-order valence-electron chi connectivity index (χ0n) is 19.1. The van der Waals surface area contributed by atoms with Crippen molar-refractivity contribution in [1.82, 2.24) is 14.9 Å². The first-order valence-electron chi connectivity index (χ1n) is 11.5. The average molecular weight is 536 g/mol. The topological polar surface area (TPSA) is 60.0 Å². The van der Waals surface area contributed by atoms with Crippen LogP contribution in [0.5, 0.6) is 5.88 Å². The van der Waals surface area contributed by atoms with Crippen molar-refractivity contribution in [2.24, 2.45) is 0 Å². The fraction of sp³-hybridized carbons (Fsp3) is 0.542. The van der Waals surface area contributed by atoms with E-state index in [1.54, 1.807) is 0 Å². The highest BCUT2D eigenvalue weighted by atomic mass is 79.9. The summed E-state index contributed by atoms with van der Waals surface area (Å²) in [6.45, 7) is 9.90. The molecule has 0 spiro atoms. The number of hydrogen-bond donors (Lipinski definition) is 0. The summed E-state index contributed by atoms with van der Waals surface area (Å²) in [6.07, 6.45) is 1.33. The zero-order chi connectivity index (χ0) is 23.0. The van der Waals surface area contributed by atoms with Crippen molar-refractivity contribution in [2.45, 2.75) is 19.8 Å². The van der Waals surface area contributed by atoms with Crippen LogP contribution in [-0.4, -0.2) is 85.5 Å². The molecule has 0 bridgehead atoms. The second-order valence-corrected chi connectivity index (χ2v) is 9.82. The molecule has 2 aromatic rings. The second kappa shape index (κ2) is 12.2. The number of ether oxygens (including phenoxy) is 3. The monoisotopic (exact) mass is 534 g/mol. The minimum atomic E-state index is 0.583. The third kappa shape index (κ3) is 7.42. The summed E-state index contributed by atoms with van der Waals surface area (Å²) in [6, 6.07) is 8.30. The molecule has 0 amide bonds. The van der Waals surface area contributed by atoms with Crippen LogP contribution in [0, 0.1) is 6.92 Å². The molecule has 2 aliphatic rings. The Hall–Kier alpha value is -1.65. The molecule has 0 atom stereocenters. The lowest BCUT2D eigenvalue weighted by atomic mass is 10.1. The maximum atomic E-state index is 6.07. The number of hydrogen-bond acceptors (Lipinski definition) is 8. The van der Waals surface area contributed by atoms with Crippen LogP contribution in [-0.2, 0) is 22.3 Å². The molecule has 0 aliphatic carbocycles. The summed E-state index contributed by atoms with van der Waals surface area (Å²) < 4.78 is 18.1. The smallest absolute Gasteiger partial charge is 0.229 e. The number of halogens is 1. The molecule has 3 heterocycles. The first-order valence-corrected chi connectivity index (χ1v) is 12.7. The van der Waals surface area contributed by atoms with E-state index in [2.05, 4.69) is 50.9 Å². The zero-order valence-corrected chi connectivity index (χ0v) is 21.5. The van der Waals surface area contributed by atoms with E-state index in [1.165, 1.54) is 11.1 Å². The summed E-state index contributed by atoms with van der Waals surface area (Å²) in [5.41, 5.74) is 3.30. The molecule has 0 N–H and O–H groups in total. The lowest BCUT2D eigenvalue weighted by Gasteiger charge is -2.28. The number of benzene rings is 1. The maximum Gasteiger partial charge on any atom is 0.229 e. The number of aryl methyl sites for hydroxylation is 1. The van der Waals surface area contributed by atoms with Gasteiger partial charge in [-0.25, -0.2) is 4.98 Å². The molecule has 0 saturated carbocycles. The highest BCUT2D eigenvalue weighted by molar-refractivity contribution is 9.10. The Bertz CT molecular complexity index is 949. The Morgan fingerprint density at radius 1 is 1.03 bits per heavy atom. The highest BCUT2D eigenvalue weighted by Crippen LogP contribution is 2.22. The van der Waals surface area contributed by atoms with Gasteiger partial charge in [0, 0.05) is 61.0 Å². The normalized spacial score (nSPS) is 17.2. The molecule has 0 unspecified atom stereocenters. The second-order valence-electron chi connectivity index (χ2n) is 8.39. The Kier molecular flexibility index (Phi) is 9.03. The molecule has 2 aliphatic heterocycles. The van der Waals surface area contributed by atoms with Crippen molar-refractivity contribution in [3.05, 3.63) is 45.6 Å². The van der Waals surface area contributed by atoms with Gasteiger partial charge in [-0.1, -0.05) is 40.3 Å². The molecule has 33 heavy (non-hydrogen) atoms. The first kappa shape index (κ1) is 24.5. The molecule has 7 nitrogen and oxygen atoms in total. The lowest BCUT2D eigenvalue weighted by molar-refractivity contribution is 0.0320. The Labute approximate surface area is 209 Å². The summed E-state index contributed by atoms with van der Waals surface area (Å²) in [5, 5.41) is 0. The van der Waals surface area contributed by atoms with Crippen LogP contribution in [0.2, 0.25) is 0 Å². The van der Waals surface area contributed by atoms with Gasteiger partial charge >= 0.3 is 0 Å². The highest BCUT2D eigenvalue weighted by Gasteiger charge is 2.18. The standard InChI is InChI=1S/C24H31BrN4O3S/c1-18-2-3-19(22(25)14-18)15-21(33)16-20-17-23(32-13-6-28-4-9-30-10-5-28)27-24(26-20)29-7-11-31-12-8-29/h2-3,14,17H,4-13,15-16H2,1H3. The lowest BCUT2D eigenvalue weighted by Crippen LogP contribution is -2.39. The van der Waals surface area contributed by atoms with Crippen molar-refractivity contribution in [2.75, 3.05) is 70.7 Å². The average Bonchev–Trinajstić information content (AvgIpc) is 2.82. The first-order chi connectivity index (χ1) is 16.1. The molecular weight excluding hydrogens is 504 g/mol. The van der Waals surface area contributed by atoms with Gasteiger partial charge in [-0.05, 0) is 24.1 Å². The van der Waals surface area contributed by atoms with Gasteiger partial charge in [0.1, 0.15) is 6.61 Å². The van der Waals surface area contributed by atoms with Crippen LogP contribution in [0.4, 0.5) is 5.95 Å². The third-order valence-corrected chi connectivity index (χ3v) is 6.80. The number of aromatic nitrogens is 2. The molecule has 2 fully saturated rings. The van der Waals surface area contributed by atoms with Gasteiger partial charge < -0.3 is 19.1 Å². The van der Waals surface area contributed by atoms with E-state index in [0.29, 0.717) is 38.1 Å². The predicted octanol–water partition coefficient (Wildman–Crippen LogP) is 3.25. The van der Waals surface area contributed by atoms with E-state index in [0.717, 1.165) is 67.4 Å². The predicted molar refractivity (Wildman–Crippen MR) is 137 cm³/mol. The maximum absolute atomic E-state index is 6.07. The van der Waals surface area contributed by atoms with Crippen molar-refractivity contribution in [3.63, 3.8) is 0 Å². The van der Waals surface area contributed by atoms with E-state index in [1.807, 2.05) is 6.07 Å². The van der Waals surface area contributed by atoms with Crippen molar-refractivity contribution in [3.8, 4) is 5.88 Å². The Morgan fingerprint density at radius 2 is 1.76 bits per heavy atom. The van der Waals surface area contributed by atoms with Gasteiger partial charge in [0.05, 0.1) is 32.1 Å². The molecule has 9 heteroatoms. The van der Waals surface area contributed by atoms with Crippen LogP contribution in [0.25, 0.3) is 0 Å². The minimum absolute atomic E-state index is 0.583. The van der Waals surface area contributed by atoms with Crippen molar-refractivity contribution in [1.29, 1.82) is 0 Å². The Morgan fingerprint density at radius 3 is 2.48 bits per heavy atom. The molecule has 178 valence electrons. The largest absolute Gasteiger partial charge is 0.476 e. The molecule has 1 aromatic heterocycles. The SMILES string of the molecule is Cc1ccc(CC(=S)Cc2cc(OCCN3CCOCC3)nc(N3CCOCC3)n2)c(Br)c1. The van der Waals surface area contributed by atoms with Crippen LogP contribution >= 0.6 is 28.1 Å². The van der Waals surface area contributed by atoms with E-state index in [4.69, 9.17) is 36.4 Å². The number of morpholine rings is 2. The van der Waals surface area contributed by atoms with E-state index in [-0.39, 0.29) is 0 Å². The van der Waals surface area contributed by atoms with Gasteiger partial charge in [0.15, 0.2) is 0 Å². The summed E-state index contributed by atoms with van der Waals surface area (Å²) in [5.74, 6) is 1.30. The number of thiocarbonyl (C=S) groups is 1. The van der Waals surface area contributed by atoms with Gasteiger partial charge in [0.25, 0.3) is 0 Å².